The van der Waals surface area contributed by atoms with Gasteiger partial charge in [-0.3, -0.25) is 0 Å². The van der Waals surface area contributed by atoms with Crippen molar-refractivity contribution in [3.8, 4) is 0 Å². The maximum absolute atomic E-state index is 8.55. The summed E-state index contributed by atoms with van der Waals surface area (Å²) in [5.74, 6) is 0. The van der Waals surface area contributed by atoms with Gasteiger partial charge in [-0.2, -0.15) is 7.82 Å². The second-order valence-corrected chi connectivity index (χ2v) is 17.9. The molecule has 0 atom stereocenters. The zero-order valence-electron chi connectivity index (χ0n) is 36.6. The van der Waals surface area contributed by atoms with Crippen LogP contribution in [-0.2, 0) is 4.57 Å². The van der Waals surface area contributed by atoms with E-state index in [1.165, 1.54) is 207 Å². The minimum atomic E-state index is -5.39. The van der Waals surface area contributed by atoms with E-state index in [1.807, 2.05) is 0 Å². The van der Waals surface area contributed by atoms with Crippen molar-refractivity contribution in [2.75, 3.05) is 81.6 Å². The minimum Gasteiger partial charge on any atom is -0.822 e. The van der Waals surface area contributed by atoms with Crippen LogP contribution in [0.25, 0.3) is 0 Å². The lowest BCUT2D eigenvalue weighted by Crippen LogP contribution is -2.41. The van der Waals surface area contributed by atoms with Gasteiger partial charge in [-0.05, 0) is 57.8 Å². The molecule has 7 nitrogen and oxygen atoms in total. The van der Waals surface area contributed by atoms with E-state index < -0.39 is 7.82 Å². The van der Waals surface area contributed by atoms with E-state index in [-0.39, 0.29) is 0 Å². The fraction of sp³-hybridized carbons (Fsp3) is 1.00. The van der Waals surface area contributed by atoms with E-state index in [1.54, 1.807) is 0 Å². The standard InChI is InChI=1S/3C14H32N.H3O4P/c3*1-5-7-9-10-11-12-14-15(3,4)13-8-6-2;1-5(2,3)4/h3*5-14H2,1-4H3;(H3,1,2,3,4)/q3*+1;/p-3. The molecule has 0 aromatic carbocycles. The van der Waals surface area contributed by atoms with E-state index >= 15 is 0 Å². The van der Waals surface area contributed by atoms with Gasteiger partial charge in [-0.25, -0.2) is 0 Å². The summed E-state index contributed by atoms with van der Waals surface area (Å²) >= 11 is 0. The van der Waals surface area contributed by atoms with E-state index in [4.69, 9.17) is 19.2 Å². The first-order valence-electron chi connectivity index (χ1n) is 21.6. The normalized spacial score (nSPS) is 12.0. The Hall–Kier alpha value is -0.0100. The van der Waals surface area contributed by atoms with Gasteiger partial charge in [0, 0.05) is 0 Å². The lowest BCUT2D eigenvalue weighted by molar-refractivity contribution is -0.890. The molecule has 308 valence electrons. The molecule has 0 saturated carbocycles. The highest BCUT2D eigenvalue weighted by Gasteiger charge is 2.14. The first kappa shape index (κ1) is 56.7. The third-order valence-electron chi connectivity index (χ3n) is 9.70. The van der Waals surface area contributed by atoms with Crippen LogP contribution in [0.5, 0.6) is 0 Å². The Labute approximate surface area is 317 Å². The Bertz CT molecular complexity index is 614. The molecule has 0 spiro atoms. The zero-order valence-corrected chi connectivity index (χ0v) is 37.5. The fourth-order valence-electron chi connectivity index (χ4n) is 6.05. The van der Waals surface area contributed by atoms with Crippen LogP contribution in [0.3, 0.4) is 0 Å². The van der Waals surface area contributed by atoms with Crippen LogP contribution in [0.1, 0.15) is 196 Å². The molecule has 0 fully saturated rings. The SMILES string of the molecule is CCCCCCCC[N+](C)(C)CCCC.CCCCCCCC[N+](C)(C)CCCC.CCCCCCCC[N+](C)(C)CCCC.O=P([O-])([O-])[O-]. The number of rotatable bonds is 30. The summed E-state index contributed by atoms with van der Waals surface area (Å²) in [6.45, 7) is 21.9. The van der Waals surface area contributed by atoms with Gasteiger partial charge >= 0.3 is 0 Å². The first-order valence-corrected chi connectivity index (χ1v) is 23.0. The van der Waals surface area contributed by atoms with Crippen molar-refractivity contribution < 1.29 is 32.7 Å². The van der Waals surface area contributed by atoms with Crippen molar-refractivity contribution in [3.63, 3.8) is 0 Å². The quantitative estimate of drug-likeness (QED) is 0.0417. The van der Waals surface area contributed by atoms with Crippen molar-refractivity contribution in [3.05, 3.63) is 0 Å². The predicted octanol–water partition coefficient (Wildman–Crippen LogP) is 9.85. The van der Waals surface area contributed by atoms with Crippen molar-refractivity contribution in [1.29, 1.82) is 0 Å². The highest BCUT2D eigenvalue weighted by Crippen LogP contribution is 2.11. The highest BCUT2D eigenvalue weighted by atomic mass is 31.2. The maximum atomic E-state index is 8.55. The summed E-state index contributed by atoms with van der Waals surface area (Å²) in [5.41, 5.74) is 0. The number of nitrogens with zero attached hydrogens (tertiary/aromatic N) is 3. The van der Waals surface area contributed by atoms with Gasteiger partial charge in [0.1, 0.15) is 0 Å². The van der Waals surface area contributed by atoms with Gasteiger partial charge in [-0.1, -0.05) is 138 Å². The molecule has 0 saturated heterocycles. The van der Waals surface area contributed by atoms with Gasteiger partial charge in [0.25, 0.3) is 0 Å². The summed E-state index contributed by atoms with van der Waals surface area (Å²) in [7, 11) is 8.87. The second-order valence-electron chi connectivity index (χ2n) is 17.0. The summed E-state index contributed by atoms with van der Waals surface area (Å²) in [5, 5.41) is 0. The molecule has 0 aliphatic carbocycles. The Morgan fingerprint density at radius 2 is 0.440 bits per heavy atom. The number of phosphoric acid groups is 1. The second kappa shape index (κ2) is 38.7. The molecule has 0 radical (unpaired) electrons. The summed E-state index contributed by atoms with van der Waals surface area (Å²) < 4.78 is 12.2. The van der Waals surface area contributed by atoms with Crippen molar-refractivity contribution >= 4 is 7.82 Å². The summed E-state index contributed by atoms with van der Waals surface area (Å²) in [4.78, 5) is 25.6. The van der Waals surface area contributed by atoms with Crippen LogP contribution in [0.2, 0.25) is 0 Å². The van der Waals surface area contributed by atoms with Crippen LogP contribution in [0, 0.1) is 0 Å². The number of hydrogen-bond acceptors (Lipinski definition) is 4. The third kappa shape index (κ3) is 60.1. The van der Waals surface area contributed by atoms with Crippen LogP contribution >= 0.6 is 7.82 Å². The predicted molar refractivity (Wildman–Crippen MR) is 218 cm³/mol. The Kier molecular flexibility index (Phi) is 43.9. The molecule has 0 heterocycles. The van der Waals surface area contributed by atoms with Crippen LogP contribution < -0.4 is 14.7 Å². The molecule has 0 unspecified atom stereocenters. The lowest BCUT2D eigenvalue weighted by Gasteiger charge is -2.36. The molecule has 0 N–H and O–H groups in total. The van der Waals surface area contributed by atoms with Crippen LogP contribution in [0.4, 0.5) is 0 Å². The van der Waals surface area contributed by atoms with Gasteiger partial charge in [0.05, 0.1) is 81.6 Å². The average Bonchev–Trinajstić information content (AvgIpc) is 3.03. The number of hydrogen-bond donors (Lipinski definition) is 0. The van der Waals surface area contributed by atoms with E-state index in [2.05, 4.69) is 83.8 Å². The lowest BCUT2D eigenvalue weighted by atomic mass is 10.1. The van der Waals surface area contributed by atoms with Crippen molar-refractivity contribution in [1.82, 2.24) is 0 Å². The minimum absolute atomic E-state index is 1.22. The first-order chi connectivity index (χ1) is 23.4. The van der Waals surface area contributed by atoms with Gasteiger partial charge in [0.15, 0.2) is 0 Å². The molecule has 50 heavy (non-hydrogen) atoms. The summed E-state index contributed by atoms with van der Waals surface area (Å²) in [6, 6.07) is 0. The molecule has 0 bridgehead atoms. The number of quaternary nitrogens is 3. The molecular formula is C42H96N3O4P. The largest absolute Gasteiger partial charge is 0.822 e. The highest BCUT2D eigenvalue weighted by molar-refractivity contribution is 7.40. The average molecular weight is 738 g/mol. The van der Waals surface area contributed by atoms with Crippen LogP contribution in [0.15, 0.2) is 0 Å². The third-order valence-corrected chi connectivity index (χ3v) is 9.70. The molecule has 0 amide bonds. The molecule has 8 heteroatoms. The van der Waals surface area contributed by atoms with E-state index in [0.29, 0.717) is 0 Å². The topological polar surface area (TPSA) is 86.2 Å². The molecule has 0 rings (SSSR count). The van der Waals surface area contributed by atoms with Gasteiger partial charge < -0.3 is 32.7 Å². The van der Waals surface area contributed by atoms with E-state index in [0.717, 1.165) is 0 Å². The number of unbranched alkanes of at least 4 members (excludes halogenated alkanes) is 18. The molecule has 0 aliphatic rings. The fourth-order valence-corrected chi connectivity index (χ4v) is 6.05. The van der Waals surface area contributed by atoms with Gasteiger partial charge in [0.2, 0.25) is 0 Å². The van der Waals surface area contributed by atoms with Gasteiger partial charge in [-0.15, -0.1) is 0 Å². The zero-order chi connectivity index (χ0) is 39.2. The Morgan fingerprint density at radius 1 is 0.300 bits per heavy atom. The van der Waals surface area contributed by atoms with Crippen molar-refractivity contribution in [2.24, 2.45) is 0 Å². The Morgan fingerprint density at radius 3 is 0.620 bits per heavy atom. The summed E-state index contributed by atoms with van der Waals surface area (Å²) in [6.07, 6.45) is 33.7. The maximum Gasteiger partial charge on any atom is 0.0782 e. The van der Waals surface area contributed by atoms with E-state index in [9.17, 15) is 0 Å². The Balaban J connectivity index is -0.000000296. The smallest absolute Gasteiger partial charge is 0.0782 e. The molecule has 0 aliphatic heterocycles. The monoisotopic (exact) mass is 738 g/mol. The molecular weight excluding hydrogens is 641 g/mol. The van der Waals surface area contributed by atoms with Crippen molar-refractivity contribution in [2.45, 2.75) is 196 Å². The molecule has 0 aromatic rings. The van der Waals surface area contributed by atoms with Crippen LogP contribution in [-0.4, -0.2) is 95.0 Å². The molecule has 0 aromatic heterocycles.